The molecule has 0 N–H and O–H groups in total. The number of hydrogen-bond donors (Lipinski definition) is 0. The van der Waals surface area contributed by atoms with E-state index in [-0.39, 0.29) is 0 Å². The third-order valence-electron chi connectivity index (χ3n) is 13.1. The van der Waals surface area contributed by atoms with Gasteiger partial charge in [0.1, 0.15) is 0 Å². The Morgan fingerprint density at radius 3 is 0.349 bits per heavy atom. The van der Waals surface area contributed by atoms with E-state index in [1.165, 1.54) is 62.2 Å². The molecule has 0 saturated carbocycles. The first-order valence-electron chi connectivity index (χ1n) is 21.9. The molecule has 3 heteroatoms. The van der Waals surface area contributed by atoms with Gasteiger partial charge in [-0.1, -0.05) is 291 Å². The summed E-state index contributed by atoms with van der Waals surface area (Å²) < 4.78 is 0. The predicted octanol–water partition coefficient (Wildman–Crippen LogP) is 5.82. The lowest BCUT2D eigenvalue weighted by Gasteiger charge is -2.41. The van der Waals surface area contributed by atoms with E-state index in [4.69, 9.17) is 0 Å². The molecule has 0 bridgehead atoms. The highest BCUT2D eigenvalue weighted by Crippen LogP contribution is 2.16. The van der Waals surface area contributed by atoms with Crippen LogP contribution in [0, 0.1) is 0 Å². The summed E-state index contributed by atoms with van der Waals surface area (Å²) in [7, 11) is -9.24. The molecule has 0 atom stereocenters. The molecule has 0 heterocycles. The van der Waals surface area contributed by atoms with Crippen LogP contribution in [0.3, 0.4) is 0 Å². The van der Waals surface area contributed by atoms with E-state index in [9.17, 15) is 0 Å². The summed E-state index contributed by atoms with van der Waals surface area (Å²) in [6.07, 6.45) is 0. The Labute approximate surface area is 375 Å². The van der Waals surface area contributed by atoms with Gasteiger partial charge in [0.15, 0.2) is 24.2 Å². The van der Waals surface area contributed by atoms with Crippen molar-refractivity contribution in [1.82, 2.24) is 0 Å². The van der Waals surface area contributed by atoms with Gasteiger partial charge in [-0.25, -0.2) is 0 Å². The lowest BCUT2D eigenvalue weighted by atomic mass is 10.3. The van der Waals surface area contributed by atoms with Crippen LogP contribution in [0.4, 0.5) is 0 Å². The van der Waals surface area contributed by atoms with E-state index in [0.29, 0.717) is 0 Å². The molecule has 10 aromatic rings. The molecule has 0 radical (unpaired) electrons. The Hall–Kier alpha value is -7.15. The van der Waals surface area contributed by atoms with Gasteiger partial charge in [0.25, 0.3) is 0 Å². The monoisotopic (exact) mass is 852 g/mol. The van der Waals surface area contributed by atoms with Crippen LogP contribution in [-0.2, 0) is 0 Å². The minimum absolute atomic E-state index is 1.36. The molecule has 10 rings (SSSR count). The van der Waals surface area contributed by atoms with Crippen LogP contribution < -0.4 is 62.2 Å². The minimum Gasteiger partial charge on any atom is -0.0623 e. The topological polar surface area (TPSA) is 0 Å². The Morgan fingerprint density at radius 1 is 0.127 bits per heavy atom. The van der Waals surface area contributed by atoms with E-state index in [1.54, 1.807) is 0 Å². The van der Waals surface area contributed by atoms with E-state index < -0.39 is 24.2 Å². The summed E-state index contributed by atoms with van der Waals surface area (Å²) >= 11 is 0. The second-order valence-electron chi connectivity index (χ2n) is 16.3. The van der Waals surface area contributed by atoms with Crippen LogP contribution >= 0.6 is 0 Å². The normalized spacial score (nSPS) is 11.8. The van der Waals surface area contributed by atoms with Gasteiger partial charge in [-0.2, -0.15) is 0 Å². The maximum atomic E-state index is 2.68. The molecular weight excluding hydrogens is 805 g/mol. The number of rotatable bonds is 12. The first-order chi connectivity index (χ1) is 31.3. The van der Waals surface area contributed by atoms with E-state index in [0.717, 1.165) is 0 Å². The van der Waals surface area contributed by atoms with Crippen molar-refractivity contribution in [3.05, 3.63) is 291 Å². The highest BCUT2D eigenvalue weighted by atomic mass is 28.3. The number of benzene rings is 10. The second-order valence-corrected chi connectivity index (χ2v) is 27.8. The highest BCUT2D eigenvalue weighted by Gasteiger charge is 2.49. The van der Waals surface area contributed by atoms with E-state index >= 15 is 0 Å². The van der Waals surface area contributed by atoms with Crippen molar-refractivity contribution in [3.63, 3.8) is 0 Å². The van der Waals surface area contributed by atoms with Crippen LogP contribution in [-0.4, -0.2) is 24.2 Å². The summed E-state index contributed by atoms with van der Waals surface area (Å²) in [6, 6.07) is 111. The largest absolute Gasteiger partial charge is 0.179 e. The lowest BCUT2D eigenvalue weighted by molar-refractivity contribution is 1.65. The second kappa shape index (κ2) is 17.7. The molecule has 300 valence electrons. The quantitative estimate of drug-likeness (QED) is 0.108. The first kappa shape index (κ1) is 40.0. The Kier molecular flexibility index (Phi) is 11.2. The van der Waals surface area contributed by atoms with Crippen LogP contribution in [0.2, 0.25) is 0 Å². The molecule has 0 aliphatic heterocycles. The fourth-order valence-corrected chi connectivity index (χ4v) is 25.4. The van der Waals surface area contributed by atoms with Gasteiger partial charge in [-0.3, -0.25) is 0 Å². The van der Waals surface area contributed by atoms with Gasteiger partial charge < -0.3 is 0 Å². The van der Waals surface area contributed by atoms with E-state index in [2.05, 4.69) is 291 Å². The molecule has 0 unspecified atom stereocenters. The van der Waals surface area contributed by atoms with Crippen LogP contribution in [0.25, 0.3) is 0 Å². The Balaban J connectivity index is 1.48. The Bertz CT molecular complexity index is 2370. The fourth-order valence-electron chi connectivity index (χ4n) is 10.5. The van der Waals surface area contributed by atoms with Crippen molar-refractivity contribution in [3.8, 4) is 0 Å². The van der Waals surface area contributed by atoms with Gasteiger partial charge in [0.05, 0.1) is 0 Å². The third kappa shape index (κ3) is 6.91. The van der Waals surface area contributed by atoms with Crippen LogP contribution in [0.15, 0.2) is 291 Å². The molecular formula is C60H48Si3. The van der Waals surface area contributed by atoms with Crippen molar-refractivity contribution < 1.29 is 0 Å². The van der Waals surface area contributed by atoms with Crippen LogP contribution in [0.1, 0.15) is 0 Å². The zero-order valence-electron chi connectivity index (χ0n) is 35.2. The van der Waals surface area contributed by atoms with Crippen molar-refractivity contribution in [1.29, 1.82) is 0 Å². The molecule has 0 spiro atoms. The Morgan fingerprint density at radius 2 is 0.238 bits per heavy atom. The molecule has 0 nitrogen and oxygen atoms in total. The van der Waals surface area contributed by atoms with Gasteiger partial charge in [-0.15, -0.1) is 0 Å². The van der Waals surface area contributed by atoms with E-state index in [1.807, 2.05) is 0 Å². The third-order valence-corrected chi connectivity index (χ3v) is 27.4. The smallest absolute Gasteiger partial charge is 0.0623 e. The average molecular weight is 853 g/mol. The summed E-state index contributed by atoms with van der Waals surface area (Å²) in [5.74, 6) is 0. The first-order valence-corrected chi connectivity index (χ1v) is 27.9. The summed E-state index contributed by atoms with van der Waals surface area (Å²) in [5.41, 5.74) is 0. The SMILES string of the molecule is c1ccc([Si](c2ccccc2)(c2ccccc2)c2cc([Si](c3ccccc3)(c3ccccc3)c3ccccc3)cc([Si](c3ccccc3)(c3ccccc3)c3ccccc3)c2)cc1. The molecule has 0 saturated heterocycles. The fraction of sp³-hybridized carbons (Fsp3) is 0. The van der Waals surface area contributed by atoms with Gasteiger partial charge in [-0.05, 0) is 62.2 Å². The minimum atomic E-state index is -3.08. The summed E-state index contributed by atoms with van der Waals surface area (Å²) in [5, 5.41) is 16.4. The standard InChI is InChI=1S/C60H48Si3/c1-10-28-49(29-11-1)61(50-30-12-2-13-31-50,51-32-14-3-15-33-51)58-46-59(62(52-34-16-4-17-35-52,53-36-18-5-19-37-53)54-38-20-6-21-39-54)48-60(47-58)63(55-40-22-7-23-41-55,56-42-24-8-25-43-56)57-44-26-9-27-45-57/h1-48H. The maximum Gasteiger partial charge on any atom is 0.179 e. The molecule has 0 aromatic heterocycles. The predicted molar refractivity (Wildman–Crippen MR) is 277 cm³/mol. The van der Waals surface area contributed by atoms with Gasteiger partial charge in [0.2, 0.25) is 0 Å². The molecule has 0 amide bonds. The lowest BCUT2D eigenvalue weighted by Crippen LogP contribution is -2.81. The summed E-state index contributed by atoms with van der Waals surface area (Å²) in [4.78, 5) is 0. The zero-order chi connectivity index (χ0) is 42.4. The van der Waals surface area contributed by atoms with Crippen LogP contribution in [0.5, 0.6) is 0 Å². The molecule has 0 aliphatic rings. The van der Waals surface area contributed by atoms with Gasteiger partial charge in [0, 0.05) is 0 Å². The van der Waals surface area contributed by atoms with Crippen molar-refractivity contribution in [2.75, 3.05) is 0 Å². The zero-order valence-corrected chi connectivity index (χ0v) is 38.2. The maximum absolute atomic E-state index is 3.08. The highest BCUT2D eigenvalue weighted by molar-refractivity contribution is 7.24. The van der Waals surface area contributed by atoms with Crippen molar-refractivity contribution in [2.45, 2.75) is 0 Å². The number of hydrogen-bond acceptors (Lipinski definition) is 0. The average Bonchev–Trinajstić information content (AvgIpc) is 3.38. The van der Waals surface area contributed by atoms with Crippen molar-refractivity contribution in [2.24, 2.45) is 0 Å². The van der Waals surface area contributed by atoms with Crippen molar-refractivity contribution >= 4 is 86.5 Å². The molecule has 63 heavy (non-hydrogen) atoms. The molecule has 0 aliphatic carbocycles. The summed E-state index contributed by atoms with van der Waals surface area (Å²) in [6.45, 7) is 0. The molecule has 10 aromatic carbocycles. The van der Waals surface area contributed by atoms with Gasteiger partial charge >= 0.3 is 0 Å². The molecule has 0 fully saturated rings.